The van der Waals surface area contributed by atoms with Crippen LogP contribution < -0.4 is 14.8 Å². The lowest BCUT2D eigenvalue weighted by molar-refractivity contribution is -0.154. The third kappa shape index (κ3) is 4.49. The van der Waals surface area contributed by atoms with E-state index >= 15 is 0 Å². The van der Waals surface area contributed by atoms with Crippen LogP contribution in [0, 0.1) is 5.92 Å². The fraction of sp³-hybridized carbons (Fsp3) is 0.600. The minimum absolute atomic E-state index is 0.0286. The fourth-order valence-electron chi connectivity index (χ4n) is 4.85. The molecule has 3 aliphatic rings. The van der Waals surface area contributed by atoms with Gasteiger partial charge in [-0.2, -0.15) is 0 Å². The van der Waals surface area contributed by atoms with Crippen molar-refractivity contribution >= 4 is 11.8 Å². The largest absolute Gasteiger partial charge is 0.486 e. The molecule has 1 N–H and O–H groups in total. The number of allylic oxidation sites excluding steroid dienone is 1. The predicted octanol–water partition coefficient (Wildman–Crippen LogP) is 3.09. The van der Waals surface area contributed by atoms with Crippen molar-refractivity contribution in [3.8, 4) is 11.5 Å². The molecule has 174 valence electrons. The zero-order valence-corrected chi connectivity index (χ0v) is 19.5. The van der Waals surface area contributed by atoms with Crippen LogP contribution in [0.5, 0.6) is 11.5 Å². The van der Waals surface area contributed by atoms with Crippen molar-refractivity contribution in [2.24, 2.45) is 5.92 Å². The number of ether oxygens (including phenoxy) is 2. The van der Waals surface area contributed by atoms with Gasteiger partial charge in [-0.15, -0.1) is 0 Å². The number of nitrogens with one attached hydrogen (secondary N) is 1. The van der Waals surface area contributed by atoms with Crippen LogP contribution in [0.2, 0.25) is 0 Å². The molecule has 0 aliphatic carbocycles. The second kappa shape index (κ2) is 9.53. The number of piperidine rings is 1. The van der Waals surface area contributed by atoms with E-state index in [1.165, 1.54) is 5.56 Å². The number of benzene rings is 1. The molecule has 0 bridgehead atoms. The van der Waals surface area contributed by atoms with Gasteiger partial charge < -0.3 is 19.7 Å². The molecule has 0 atom stereocenters. The highest BCUT2D eigenvalue weighted by Crippen LogP contribution is 2.36. The Kier molecular flexibility index (Phi) is 6.74. The molecule has 32 heavy (non-hydrogen) atoms. The molecule has 7 heteroatoms. The first-order chi connectivity index (χ1) is 15.4. The highest BCUT2D eigenvalue weighted by Gasteiger charge is 2.52. The lowest BCUT2D eigenvalue weighted by atomic mass is 9.82. The summed E-state index contributed by atoms with van der Waals surface area (Å²) in [5.74, 6) is 1.73. The molecule has 0 unspecified atom stereocenters. The lowest BCUT2D eigenvalue weighted by Gasteiger charge is -2.50. The van der Waals surface area contributed by atoms with Gasteiger partial charge in [-0.3, -0.25) is 14.5 Å². The summed E-state index contributed by atoms with van der Waals surface area (Å²) in [6, 6.07) is 6.09. The SMILES string of the molecule is CCCCN1C(=O)/C(=C/C(C)C)NC(=O)C12CCN(Cc1ccc3c(c1)OCCO3)CC2. The molecule has 1 aromatic rings. The Morgan fingerprint density at radius 2 is 1.84 bits per heavy atom. The topological polar surface area (TPSA) is 71.1 Å². The van der Waals surface area contributed by atoms with Gasteiger partial charge >= 0.3 is 0 Å². The molecule has 2 saturated heterocycles. The summed E-state index contributed by atoms with van der Waals surface area (Å²) in [6.07, 6.45) is 5.04. The molecule has 2 amide bonds. The molecule has 1 spiro atoms. The standard InChI is InChI=1S/C25H35N3O4/c1-4-5-10-28-23(29)20(15-18(2)3)26-24(30)25(28)8-11-27(12-9-25)17-19-6-7-21-22(16-19)32-14-13-31-21/h6-7,15-16,18H,4-5,8-14,17H2,1-3H3,(H,26,30)/b20-15-. The van der Waals surface area contributed by atoms with Gasteiger partial charge in [0.25, 0.3) is 11.8 Å². The summed E-state index contributed by atoms with van der Waals surface area (Å²) in [7, 11) is 0. The number of carbonyl (C=O) groups is 2. The van der Waals surface area contributed by atoms with Gasteiger partial charge in [0, 0.05) is 26.2 Å². The highest BCUT2D eigenvalue weighted by atomic mass is 16.6. The Morgan fingerprint density at radius 3 is 2.53 bits per heavy atom. The van der Waals surface area contributed by atoms with Crippen LogP contribution in [-0.4, -0.2) is 60.0 Å². The molecule has 0 aromatic heterocycles. The molecule has 2 fully saturated rings. The molecule has 3 heterocycles. The van der Waals surface area contributed by atoms with E-state index in [0.717, 1.165) is 44.0 Å². The third-order valence-corrected chi connectivity index (χ3v) is 6.59. The van der Waals surface area contributed by atoms with Crippen LogP contribution in [-0.2, 0) is 16.1 Å². The zero-order chi connectivity index (χ0) is 22.7. The van der Waals surface area contributed by atoms with Crippen molar-refractivity contribution in [1.29, 1.82) is 0 Å². The molecule has 7 nitrogen and oxygen atoms in total. The summed E-state index contributed by atoms with van der Waals surface area (Å²) >= 11 is 0. The summed E-state index contributed by atoms with van der Waals surface area (Å²) < 4.78 is 11.3. The van der Waals surface area contributed by atoms with Gasteiger partial charge in [0.15, 0.2) is 11.5 Å². The maximum absolute atomic E-state index is 13.3. The second-order valence-corrected chi connectivity index (χ2v) is 9.37. The number of amides is 2. The molecule has 4 rings (SSSR count). The third-order valence-electron chi connectivity index (χ3n) is 6.59. The minimum atomic E-state index is -0.746. The van der Waals surface area contributed by atoms with E-state index in [1.54, 1.807) is 0 Å². The first-order valence-corrected chi connectivity index (χ1v) is 11.9. The second-order valence-electron chi connectivity index (χ2n) is 9.37. The molecular weight excluding hydrogens is 406 g/mol. The van der Waals surface area contributed by atoms with Gasteiger partial charge in [0.2, 0.25) is 0 Å². The fourth-order valence-corrected chi connectivity index (χ4v) is 4.85. The minimum Gasteiger partial charge on any atom is -0.486 e. The van der Waals surface area contributed by atoms with Crippen molar-refractivity contribution in [3.63, 3.8) is 0 Å². The maximum Gasteiger partial charge on any atom is 0.270 e. The van der Waals surface area contributed by atoms with Crippen LogP contribution in [0.3, 0.4) is 0 Å². The van der Waals surface area contributed by atoms with Crippen LogP contribution in [0.25, 0.3) is 0 Å². The highest BCUT2D eigenvalue weighted by molar-refractivity contribution is 6.06. The van der Waals surface area contributed by atoms with Crippen molar-refractivity contribution in [2.45, 2.75) is 58.5 Å². The number of carbonyl (C=O) groups excluding carboxylic acids is 2. The Morgan fingerprint density at radius 1 is 1.12 bits per heavy atom. The molecule has 0 radical (unpaired) electrons. The summed E-state index contributed by atoms with van der Waals surface area (Å²) in [6.45, 7) is 10.3. The van der Waals surface area contributed by atoms with Crippen LogP contribution >= 0.6 is 0 Å². The summed E-state index contributed by atoms with van der Waals surface area (Å²) in [5, 5.41) is 2.95. The van der Waals surface area contributed by atoms with Crippen molar-refractivity contribution in [1.82, 2.24) is 15.1 Å². The van der Waals surface area contributed by atoms with E-state index in [9.17, 15) is 9.59 Å². The molecular formula is C25H35N3O4. The van der Waals surface area contributed by atoms with Crippen molar-refractivity contribution in [2.75, 3.05) is 32.8 Å². The number of nitrogens with zero attached hydrogens (tertiary/aromatic N) is 2. The van der Waals surface area contributed by atoms with Gasteiger partial charge in [-0.1, -0.05) is 39.3 Å². The number of unbranched alkanes of at least 4 members (excludes halogenated alkanes) is 1. The zero-order valence-electron chi connectivity index (χ0n) is 19.5. The first kappa shape index (κ1) is 22.6. The normalized spacial score (nSPS) is 22.0. The lowest BCUT2D eigenvalue weighted by Crippen LogP contribution is -2.69. The Balaban J connectivity index is 1.47. The van der Waals surface area contributed by atoms with E-state index in [1.807, 2.05) is 37.0 Å². The van der Waals surface area contributed by atoms with E-state index in [4.69, 9.17) is 9.47 Å². The Hall–Kier alpha value is -2.54. The number of hydrogen-bond donors (Lipinski definition) is 1. The Labute approximate surface area is 190 Å². The average Bonchev–Trinajstić information content (AvgIpc) is 2.78. The van der Waals surface area contributed by atoms with Gasteiger partial charge in [0.05, 0.1) is 0 Å². The van der Waals surface area contributed by atoms with E-state index in [-0.39, 0.29) is 17.7 Å². The number of fused-ring (bicyclic) bond motifs is 1. The maximum atomic E-state index is 13.3. The van der Waals surface area contributed by atoms with Crippen LogP contribution in [0.1, 0.15) is 52.0 Å². The predicted molar refractivity (Wildman–Crippen MR) is 122 cm³/mol. The van der Waals surface area contributed by atoms with Gasteiger partial charge in [-0.25, -0.2) is 0 Å². The summed E-state index contributed by atoms with van der Waals surface area (Å²) in [5.41, 5.74) is 0.856. The Bertz CT molecular complexity index is 887. The first-order valence-electron chi connectivity index (χ1n) is 11.9. The number of likely N-dealkylation sites (tertiary alicyclic amines) is 1. The van der Waals surface area contributed by atoms with Gasteiger partial charge in [0.1, 0.15) is 24.4 Å². The molecule has 0 saturated carbocycles. The summed E-state index contributed by atoms with van der Waals surface area (Å²) in [4.78, 5) is 30.8. The smallest absolute Gasteiger partial charge is 0.270 e. The number of hydrogen-bond acceptors (Lipinski definition) is 5. The van der Waals surface area contributed by atoms with E-state index < -0.39 is 5.54 Å². The van der Waals surface area contributed by atoms with E-state index in [2.05, 4.69) is 23.2 Å². The van der Waals surface area contributed by atoms with E-state index in [0.29, 0.717) is 38.3 Å². The van der Waals surface area contributed by atoms with Crippen molar-refractivity contribution < 1.29 is 19.1 Å². The molecule has 1 aromatic carbocycles. The molecule has 3 aliphatic heterocycles. The van der Waals surface area contributed by atoms with Crippen LogP contribution in [0.4, 0.5) is 0 Å². The number of piperazine rings is 1. The monoisotopic (exact) mass is 441 g/mol. The van der Waals surface area contributed by atoms with Crippen molar-refractivity contribution in [3.05, 3.63) is 35.5 Å². The quantitative estimate of drug-likeness (QED) is 0.687. The average molecular weight is 442 g/mol. The van der Waals surface area contributed by atoms with Gasteiger partial charge in [-0.05, 0) is 42.9 Å². The van der Waals surface area contributed by atoms with Crippen LogP contribution in [0.15, 0.2) is 30.0 Å². The number of rotatable bonds is 6.